The average molecular weight is 292 g/mol. The van der Waals surface area contributed by atoms with Gasteiger partial charge in [0.05, 0.1) is 19.1 Å². The first-order valence-corrected chi connectivity index (χ1v) is 7.16. The Balaban J connectivity index is 1.78. The minimum Gasteiger partial charge on any atom is -0.389 e. The van der Waals surface area contributed by atoms with Gasteiger partial charge < -0.3 is 15.0 Å². The highest BCUT2D eigenvalue weighted by molar-refractivity contribution is 7.10. The molecule has 0 radical (unpaired) electrons. The molecule has 0 saturated carbocycles. The summed E-state index contributed by atoms with van der Waals surface area (Å²) < 4.78 is 1.41. The van der Waals surface area contributed by atoms with Crippen molar-refractivity contribution < 1.29 is 9.90 Å². The standard InChI is InChI=1S/C14H16N2O3S/c17-11(10-16-6-2-1-5-14(16)19)9-15-13(18)8-12-4-3-7-20-12/h1-7,11,17H,8-10H2,(H,15,18)/t11-/m1/s1. The van der Waals surface area contributed by atoms with Gasteiger partial charge in [0.1, 0.15) is 0 Å². The highest BCUT2D eigenvalue weighted by Crippen LogP contribution is 2.08. The van der Waals surface area contributed by atoms with Crippen molar-refractivity contribution in [3.8, 4) is 0 Å². The summed E-state index contributed by atoms with van der Waals surface area (Å²) in [4.78, 5) is 24.1. The van der Waals surface area contributed by atoms with Gasteiger partial charge in [-0.25, -0.2) is 0 Å². The molecule has 1 amide bonds. The van der Waals surface area contributed by atoms with E-state index in [1.807, 2.05) is 17.5 Å². The van der Waals surface area contributed by atoms with E-state index in [0.29, 0.717) is 6.42 Å². The summed E-state index contributed by atoms with van der Waals surface area (Å²) in [5, 5.41) is 14.4. The Morgan fingerprint density at radius 2 is 2.20 bits per heavy atom. The molecule has 2 heterocycles. The molecule has 0 aliphatic carbocycles. The summed E-state index contributed by atoms with van der Waals surface area (Å²) in [5.74, 6) is -0.132. The van der Waals surface area contributed by atoms with E-state index in [-0.39, 0.29) is 24.6 Å². The maximum absolute atomic E-state index is 11.7. The van der Waals surface area contributed by atoms with Crippen LogP contribution in [0.2, 0.25) is 0 Å². The first-order chi connectivity index (χ1) is 9.65. The van der Waals surface area contributed by atoms with Crippen LogP contribution < -0.4 is 10.9 Å². The summed E-state index contributed by atoms with van der Waals surface area (Å²) in [7, 11) is 0. The number of thiophene rings is 1. The lowest BCUT2D eigenvalue weighted by atomic mass is 10.3. The lowest BCUT2D eigenvalue weighted by Gasteiger charge is -2.13. The van der Waals surface area contributed by atoms with Crippen molar-refractivity contribution in [1.82, 2.24) is 9.88 Å². The Bertz CT molecular complexity index is 607. The lowest BCUT2D eigenvalue weighted by Crippen LogP contribution is -2.36. The number of aliphatic hydroxyl groups excluding tert-OH is 1. The van der Waals surface area contributed by atoms with Gasteiger partial charge in [0, 0.05) is 23.7 Å². The third-order valence-electron chi connectivity index (χ3n) is 2.76. The number of carbonyl (C=O) groups is 1. The molecule has 2 aromatic heterocycles. The van der Waals surface area contributed by atoms with Crippen molar-refractivity contribution in [3.05, 3.63) is 57.1 Å². The zero-order valence-corrected chi connectivity index (χ0v) is 11.7. The van der Waals surface area contributed by atoms with Crippen LogP contribution in [0.3, 0.4) is 0 Å². The molecule has 6 heteroatoms. The number of pyridine rings is 1. The van der Waals surface area contributed by atoms with Gasteiger partial charge in [0.15, 0.2) is 0 Å². The lowest BCUT2D eigenvalue weighted by molar-refractivity contribution is -0.120. The number of hydrogen-bond donors (Lipinski definition) is 2. The van der Waals surface area contributed by atoms with Gasteiger partial charge in [-0.2, -0.15) is 0 Å². The van der Waals surface area contributed by atoms with Crippen LogP contribution >= 0.6 is 11.3 Å². The van der Waals surface area contributed by atoms with Crippen molar-refractivity contribution in [1.29, 1.82) is 0 Å². The Labute approximate surface area is 120 Å². The molecule has 106 valence electrons. The van der Waals surface area contributed by atoms with Crippen LogP contribution in [0.15, 0.2) is 46.7 Å². The second kappa shape index (κ2) is 7.02. The number of carbonyl (C=O) groups excluding carboxylic acids is 1. The number of amides is 1. The molecule has 0 fully saturated rings. The fourth-order valence-electron chi connectivity index (χ4n) is 1.77. The maximum atomic E-state index is 11.7. The van der Waals surface area contributed by atoms with Crippen LogP contribution in [0, 0.1) is 0 Å². The number of hydrogen-bond acceptors (Lipinski definition) is 4. The highest BCUT2D eigenvalue weighted by atomic mass is 32.1. The molecule has 0 aromatic carbocycles. The Morgan fingerprint density at radius 3 is 2.90 bits per heavy atom. The molecule has 0 aliphatic rings. The monoisotopic (exact) mass is 292 g/mol. The molecule has 5 nitrogen and oxygen atoms in total. The fraction of sp³-hybridized carbons (Fsp3) is 0.286. The molecule has 0 unspecified atom stereocenters. The average Bonchev–Trinajstić information content (AvgIpc) is 2.92. The normalized spacial score (nSPS) is 12.1. The van der Waals surface area contributed by atoms with E-state index in [1.54, 1.807) is 18.3 Å². The molecule has 0 aliphatic heterocycles. The highest BCUT2D eigenvalue weighted by Gasteiger charge is 2.09. The zero-order chi connectivity index (χ0) is 14.4. The van der Waals surface area contributed by atoms with Crippen LogP contribution in [0.5, 0.6) is 0 Å². The van der Waals surface area contributed by atoms with Crippen LogP contribution in [0.1, 0.15) is 4.88 Å². The molecule has 0 saturated heterocycles. The molecule has 2 rings (SSSR count). The van der Waals surface area contributed by atoms with Crippen LogP contribution in [0.25, 0.3) is 0 Å². The van der Waals surface area contributed by atoms with Gasteiger partial charge in [0.2, 0.25) is 5.91 Å². The van der Waals surface area contributed by atoms with E-state index in [0.717, 1.165) is 4.88 Å². The Morgan fingerprint density at radius 1 is 1.35 bits per heavy atom. The largest absolute Gasteiger partial charge is 0.389 e. The van der Waals surface area contributed by atoms with Crippen molar-refractivity contribution in [2.75, 3.05) is 6.54 Å². The summed E-state index contributed by atoms with van der Waals surface area (Å²) >= 11 is 1.52. The van der Waals surface area contributed by atoms with Gasteiger partial charge >= 0.3 is 0 Å². The van der Waals surface area contributed by atoms with Crippen LogP contribution in [-0.2, 0) is 17.8 Å². The second-order valence-electron chi connectivity index (χ2n) is 4.41. The molecule has 20 heavy (non-hydrogen) atoms. The van der Waals surface area contributed by atoms with E-state index >= 15 is 0 Å². The van der Waals surface area contributed by atoms with Gasteiger partial charge in [-0.15, -0.1) is 11.3 Å². The second-order valence-corrected chi connectivity index (χ2v) is 5.44. The molecular weight excluding hydrogens is 276 g/mol. The number of aliphatic hydroxyl groups is 1. The smallest absolute Gasteiger partial charge is 0.250 e. The number of nitrogens with one attached hydrogen (secondary N) is 1. The Kier molecular flexibility index (Phi) is 5.09. The van der Waals surface area contributed by atoms with Crippen molar-refractivity contribution in [2.24, 2.45) is 0 Å². The van der Waals surface area contributed by atoms with Gasteiger partial charge in [-0.1, -0.05) is 12.1 Å². The summed E-state index contributed by atoms with van der Waals surface area (Å²) in [6, 6.07) is 8.59. The topological polar surface area (TPSA) is 71.3 Å². The zero-order valence-electron chi connectivity index (χ0n) is 10.9. The number of nitrogens with zero attached hydrogens (tertiary/aromatic N) is 1. The third-order valence-corrected chi connectivity index (χ3v) is 3.63. The predicted molar refractivity (Wildman–Crippen MR) is 77.7 cm³/mol. The first-order valence-electron chi connectivity index (χ1n) is 6.28. The van der Waals surface area contributed by atoms with E-state index in [1.165, 1.54) is 22.0 Å². The molecule has 0 spiro atoms. The molecule has 2 N–H and O–H groups in total. The molecule has 1 atom stereocenters. The number of aromatic nitrogens is 1. The van der Waals surface area contributed by atoms with Crippen molar-refractivity contribution in [2.45, 2.75) is 19.1 Å². The van der Waals surface area contributed by atoms with Gasteiger partial charge in [-0.3, -0.25) is 9.59 Å². The fourth-order valence-corrected chi connectivity index (χ4v) is 2.47. The maximum Gasteiger partial charge on any atom is 0.250 e. The molecule has 0 bridgehead atoms. The van der Waals surface area contributed by atoms with E-state index in [9.17, 15) is 14.7 Å². The van der Waals surface area contributed by atoms with Crippen molar-refractivity contribution in [3.63, 3.8) is 0 Å². The Hall–Kier alpha value is -1.92. The van der Waals surface area contributed by atoms with E-state index < -0.39 is 6.10 Å². The SMILES string of the molecule is O=C(Cc1cccs1)NC[C@@H](O)Cn1ccccc1=O. The molecule has 2 aromatic rings. The first kappa shape index (κ1) is 14.5. The summed E-state index contributed by atoms with van der Waals surface area (Å²) in [5.41, 5.74) is -0.170. The van der Waals surface area contributed by atoms with Crippen molar-refractivity contribution >= 4 is 17.2 Å². The minimum absolute atomic E-state index is 0.130. The van der Waals surface area contributed by atoms with E-state index in [2.05, 4.69) is 5.32 Å². The van der Waals surface area contributed by atoms with Crippen LogP contribution in [0.4, 0.5) is 0 Å². The number of rotatable bonds is 6. The third kappa shape index (κ3) is 4.32. The quantitative estimate of drug-likeness (QED) is 0.820. The van der Waals surface area contributed by atoms with Gasteiger partial charge in [0.25, 0.3) is 5.56 Å². The predicted octanol–water partition coefficient (Wildman–Crippen LogP) is 0.630. The summed E-state index contributed by atoms with van der Waals surface area (Å²) in [6.07, 6.45) is 1.14. The van der Waals surface area contributed by atoms with Crippen LogP contribution in [-0.4, -0.2) is 28.2 Å². The molecular formula is C14H16N2O3S. The minimum atomic E-state index is -0.789. The van der Waals surface area contributed by atoms with E-state index in [4.69, 9.17) is 0 Å². The van der Waals surface area contributed by atoms with Gasteiger partial charge in [-0.05, 0) is 17.5 Å². The summed E-state index contributed by atoms with van der Waals surface area (Å²) in [6.45, 7) is 0.296.